The summed E-state index contributed by atoms with van der Waals surface area (Å²) in [4.78, 5) is 26.7. The number of hydrogen-bond donors (Lipinski definition) is 2. The quantitative estimate of drug-likeness (QED) is 0.756. The van der Waals surface area contributed by atoms with Gasteiger partial charge in [0.2, 0.25) is 11.8 Å². The molecular formula is C19H30ClN3O3. The van der Waals surface area contributed by atoms with E-state index in [-0.39, 0.29) is 36.6 Å². The van der Waals surface area contributed by atoms with Crippen molar-refractivity contribution in [3.8, 4) is 5.75 Å². The van der Waals surface area contributed by atoms with Crippen LogP contribution in [0.3, 0.4) is 0 Å². The van der Waals surface area contributed by atoms with Gasteiger partial charge in [0.05, 0.1) is 13.0 Å². The molecule has 1 aromatic carbocycles. The molecule has 0 aromatic heterocycles. The fourth-order valence-corrected chi connectivity index (χ4v) is 3.38. The Kier molecular flexibility index (Phi) is 7.90. The molecule has 2 rings (SSSR count). The van der Waals surface area contributed by atoms with Gasteiger partial charge in [0.25, 0.3) is 0 Å². The Morgan fingerprint density at radius 1 is 1.38 bits per heavy atom. The van der Waals surface area contributed by atoms with Crippen LogP contribution < -0.4 is 20.7 Å². The van der Waals surface area contributed by atoms with Crippen molar-refractivity contribution in [1.29, 1.82) is 0 Å². The second-order valence-electron chi connectivity index (χ2n) is 7.46. The number of benzene rings is 1. The molecule has 1 heterocycles. The number of methoxy groups -OCH3 is 1. The molecule has 2 atom stereocenters. The van der Waals surface area contributed by atoms with Gasteiger partial charge in [-0.05, 0) is 43.5 Å². The van der Waals surface area contributed by atoms with E-state index in [1.165, 1.54) is 0 Å². The van der Waals surface area contributed by atoms with Crippen molar-refractivity contribution in [2.24, 2.45) is 17.6 Å². The molecule has 0 saturated carbocycles. The van der Waals surface area contributed by atoms with Crippen LogP contribution in [0.4, 0.5) is 5.69 Å². The fraction of sp³-hybridized carbons (Fsp3) is 0.579. The van der Waals surface area contributed by atoms with Gasteiger partial charge in [0.1, 0.15) is 5.75 Å². The highest BCUT2D eigenvalue weighted by molar-refractivity contribution is 6.00. The molecule has 2 amide bonds. The summed E-state index contributed by atoms with van der Waals surface area (Å²) in [6.07, 6.45) is 1.03. The van der Waals surface area contributed by atoms with Crippen molar-refractivity contribution in [3.05, 3.63) is 24.3 Å². The highest BCUT2D eigenvalue weighted by Gasteiger charge is 2.37. The largest absolute Gasteiger partial charge is 0.497 e. The maximum absolute atomic E-state index is 12.7. The number of nitrogens with zero attached hydrogens (tertiary/aromatic N) is 1. The minimum atomic E-state index is -0.443. The SMILES string of the molecule is COc1ccc(N2CC(C(=O)NC(C)(CN)CC(C)C)CC2=O)cc1.Cl. The van der Waals surface area contributed by atoms with Crippen LogP contribution in [0.15, 0.2) is 24.3 Å². The van der Waals surface area contributed by atoms with Gasteiger partial charge in [0.15, 0.2) is 0 Å². The summed E-state index contributed by atoms with van der Waals surface area (Å²) in [6.45, 7) is 6.93. The number of ether oxygens (including phenoxy) is 1. The van der Waals surface area contributed by atoms with Crippen LogP contribution in [0.25, 0.3) is 0 Å². The van der Waals surface area contributed by atoms with Gasteiger partial charge >= 0.3 is 0 Å². The molecule has 1 saturated heterocycles. The molecular weight excluding hydrogens is 354 g/mol. The lowest BCUT2D eigenvalue weighted by molar-refractivity contribution is -0.128. The van der Waals surface area contributed by atoms with Crippen molar-refractivity contribution in [2.45, 2.75) is 39.2 Å². The number of nitrogens with two attached hydrogens (primary N) is 1. The van der Waals surface area contributed by atoms with Gasteiger partial charge in [-0.15, -0.1) is 12.4 Å². The van der Waals surface area contributed by atoms with E-state index in [4.69, 9.17) is 10.5 Å². The van der Waals surface area contributed by atoms with E-state index in [0.29, 0.717) is 19.0 Å². The van der Waals surface area contributed by atoms with Gasteiger partial charge < -0.3 is 20.7 Å². The van der Waals surface area contributed by atoms with Crippen molar-refractivity contribution >= 4 is 29.9 Å². The number of amides is 2. The molecule has 7 heteroatoms. The number of carbonyl (C=O) groups is 2. The average molecular weight is 384 g/mol. The molecule has 0 aliphatic carbocycles. The Labute approximate surface area is 161 Å². The van der Waals surface area contributed by atoms with E-state index in [1.54, 1.807) is 12.0 Å². The van der Waals surface area contributed by atoms with E-state index in [0.717, 1.165) is 17.9 Å². The first-order valence-electron chi connectivity index (χ1n) is 8.74. The lowest BCUT2D eigenvalue weighted by atomic mass is 9.90. The van der Waals surface area contributed by atoms with E-state index >= 15 is 0 Å². The topological polar surface area (TPSA) is 84.7 Å². The van der Waals surface area contributed by atoms with Crippen LogP contribution in [0.5, 0.6) is 5.75 Å². The highest BCUT2D eigenvalue weighted by atomic mass is 35.5. The van der Waals surface area contributed by atoms with Gasteiger partial charge in [0, 0.05) is 30.7 Å². The molecule has 6 nitrogen and oxygen atoms in total. The standard InChI is InChI=1S/C19H29N3O3.ClH/c1-13(2)10-19(3,12-20)21-18(24)14-9-17(23)22(11-14)15-5-7-16(25-4)8-6-15;/h5-8,13-14H,9-12,20H2,1-4H3,(H,21,24);1H. The van der Waals surface area contributed by atoms with Crippen molar-refractivity contribution in [2.75, 3.05) is 25.1 Å². The fourth-order valence-electron chi connectivity index (χ4n) is 3.38. The van der Waals surface area contributed by atoms with Gasteiger partial charge in [-0.25, -0.2) is 0 Å². The van der Waals surface area contributed by atoms with Gasteiger partial charge in [-0.3, -0.25) is 9.59 Å². The van der Waals surface area contributed by atoms with Crippen LogP contribution in [-0.2, 0) is 9.59 Å². The number of halogens is 1. The molecule has 0 spiro atoms. The van der Waals surface area contributed by atoms with Crippen LogP contribution in [0.2, 0.25) is 0 Å². The Hall–Kier alpha value is -1.79. The van der Waals surface area contributed by atoms with Crippen LogP contribution >= 0.6 is 12.4 Å². The Morgan fingerprint density at radius 2 is 2.00 bits per heavy atom. The number of rotatable bonds is 7. The number of anilines is 1. The Bertz CT molecular complexity index is 621. The molecule has 0 bridgehead atoms. The second-order valence-corrected chi connectivity index (χ2v) is 7.46. The number of hydrogen-bond acceptors (Lipinski definition) is 4. The number of nitrogens with one attached hydrogen (secondary N) is 1. The summed E-state index contributed by atoms with van der Waals surface area (Å²) < 4.78 is 5.14. The monoisotopic (exact) mass is 383 g/mol. The predicted molar refractivity (Wildman–Crippen MR) is 106 cm³/mol. The normalized spacial score (nSPS) is 19.1. The summed E-state index contributed by atoms with van der Waals surface area (Å²) in [5.74, 6) is 0.668. The minimum Gasteiger partial charge on any atom is -0.497 e. The zero-order valence-electron chi connectivity index (χ0n) is 16.0. The van der Waals surface area contributed by atoms with Crippen LogP contribution in [0, 0.1) is 11.8 Å². The molecule has 0 radical (unpaired) electrons. The first kappa shape index (κ1) is 22.3. The van der Waals surface area contributed by atoms with Gasteiger partial charge in [-0.1, -0.05) is 13.8 Å². The van der Waals surface area contributed by atoms with E-state index in [2.05, 4.69) is 19.2 Å². The summed E-state index contributed by atoms with van der Waals surface area (Å²) in [7, 11) is 1.60. The maximum Gasteiger partial charge on any atom is 0.227 e. The Balaban J connectivity index is 0.00000338. The maximum atomic E-state index is 12.7. The third-order valence-corrected chi connectivity index (χ3v) is 4.61. The molecule has 1 aromatic rings. The molecule has 2 unspecified atom stereocenters. The van der Waals surface area contributed by atoms with E-state index in [1.807, 2.05) is 31.2 Å². The van der Waals surface area contributed by atoms with Crippen LogP contribution in [0.1, 0.15) is 33.6 Å². The van der Waals surface area contributed by atoms with Crippen LogP contribution in [-0.4, -0.2) is 37.6 Å². The molecule has 146 valence electrons. The summed E-state index contributed by atoms with van der Waals surface area (Å²) in [5.41, 5.74) is 6.21. The summed E-state index contributed by atoms with van der Waals surface area (Å²) in [5, 5.41) is 3.06. The smallest absolute Gasteiger partial charge is 0.227 e. The first-order chi connectivity index (χ1) is 11.8. The average Bonchev–Trinajstić information content (AvgIpc) is 2.96. The van der Waals surface area contributed by atoms with E-state index in [9.17, 15) is 9.59 Å². The molecule has 1 fully saturated rings. The highest BCUT2D eigenvalue weighted by Crippen LogP contribution is 2.27. The zero-order valence-corrected chi connectivity index (χ0v) is 16.8. The predicted octanol–water partition coefficient (Wildman–Crippen LogP) is 2.35. The molecule has 1 aliphatic heterocycles. The van der Waals surface area contributed by atoms with Crippen molar-refractivity contribution < 1.29 is 14.3 Å². The second kappa shape index (κ2) is 9.24. The van der Waals surface area contributed by atoms with Gasteiger partial charge in [-0.2, -0.15) is 0 Å². The zero-order chi connectivity index (χ0) is 18.6. The van der Waals surface area contributed by atoms with Crippen molar-refractivity contribution in [1.82, 2.24) is 5.32 Å². The van der Waals surface area contributed by atoms with E-state index < -0.39 is 5.54 Å². The minimum absolute atomic E-state index is 0. The van der Waals surface area contributed by atoms with Crippen molar-refractivity contribution in [3.63, 3.8) is 0 Å². The molecule has 3 N–H and O–H groups in total. The third kappa shape index (κ3) is 5.35. The third-order valence-electron chi connectivity index (χ3n) is 4.61. The lowest BCUT2D eigenvalue weighted by Crippen LogP contribution is -2.54. The first-order valence-corrected chi connectivity index (χ1v) is 8.74. The summed E-state index contributed by atoms with van der Waals surface area (Å²) >= 11 is 0. The molecule has 1 aliphatic rings. The summed E-state index contributed by atoms with van der Waals surface area (Å²) in [6, 6.07) is 7.29. The lowest BCUT2D eigenvalue weighted by Gasteiger charge is -2.32. The molecule has 26 heavy (non-hydrogen) atoms. The Morgan fingerprint density at radius 3 is 2.50 bits per heavy atom. The number of carbonyl (C=O) groups excluding carboxylic acids is 2.